The van der Waals surface area contributed by atoms with E-state index < -0.39 is 0 Å². The molecule has 0 saturated heterocycles. The van der Waals surface area contributed by atoms with Crippen LogP contribution in [0.3, 0.4) is 0 Å². The molecule has 0 aliphatic heterocycles. The SMILES string of the molecule is CNc1nc(Cl)nc(NC(C)(C)CCO)n1. The van der Waals surface area contributed by atoms with Crippen LogP contribution in [0.15, 0.2) is 0 Å². The van der Waals surface area contributed by atoms with Gasteiger partial charge < -0.3 is 15.7 Å². The zero-order valence-corrected chi connectivity index (χ0v) is 10.3. The normalized spacial score (nSPS) is 11.3. The van der Waals surface area contributed by atoms with E-state index in [-0.39, 0.29) is 17.4 Å². The number of aliphatic hydroxyl groups is 1. The van der Waals surface area contributed by atoms with Gasteiger partial charge in [0.05, 0.1) is 0 Å². The number of rotatable bonds is 5. The molecule has 7 heteroatoms. The van der Waals surface area contributed by atoms with Gasteiger partial charge in [0.1, 0.15) is 0 Å². The van der Waals surface area contributed by atoms with Crippen molar-refractivity contribution in [3.63, 3.8) is 0 Å². The lowest BCUT2D eigenvalue weighted by Crippen LogP contribution is -2.33. The molecule has 0 saturated carbocycles. The van der Waals surface area contributed by atoms with Crippen molar-refractivity contribution >= 4 is 23.5 Å². The summed E-state index contributed by atoms with van der Waals surface area (Å²) < 4.78 is 0. The molecule has 0 aliphatic carbocycles. The minimum Gasteiger partial charge on any atom is -0.396 e. The highest BCUT2D eigenvalue weighted by Crippen LogP contribution is 2.16. The van der Waals surface area contributed by atoms with Crippen molar-refractivity contribution in [3.05, 3.63) is 5.28 Å². The maximum absolute atomic E-state index is 8.90. The number of aliphatic hydroxyl groups excluding tert-OH is 1. The van der Waals surface area contributed by atoms with Crippen molar-refractivity contribution in [1.29, 1.82) is 0 Å². The number of anilines is 2. The predicted molar refractivity (Wildman–Crippen MR) is 63.8 cm³/mol. The molecule has 90 valence electrons. The first-order valence-corrected chi connectivity index (χ1v) is 5.33. The molecule has 0 fully saturated rings. The summed E-state index contributed by atoms with van der Waals surface area (Å²) in [5, 5.41) is 14.9. The summed E-state index contributed by atoms with van der Waals surface area (Å²) in [5.41, 5.74) is -0.301. The molecule has 0 aliphatic rings. The Labute approximate surface area is 99.5 Å². The average Bonchev–Trinajstić information content (AvgIpc) is 2.15. The van der Waals surface area contributed by atoms with E-state index in [1.54, 1.807) is 7.05 Å². The van der Waals surface area contributed by atoms with Crippen molar-refractivity contribution in [1.82, 2.24) is 15.0 Å². The molecule has 1 rings (SSSR count). The lowest BCUT2D eigenvalue weighted by Gasteiger charge is -2.25. The Morgan fingerprint density at radius 3 is 2.44 bits per heavy atom. The first-order chi connectivity index (χ1) is 7.46. The third kappa shape index (κ3) is 3.79. The first kappa shape index (κ1) is 12.9. The van der Waals surface area contributed by atoms with Gasteiger partial charge in [0.2, 0.25) is 17.2 Å². The summed E-state index contributed by atoms with van der Waals surface area (Å²) in [6.07, 6.45) is 0.588. The van der Waals surface area contributed by atoms with Crippen molar-refractivity contribution in [2.75, 3.05) is 24.3 Å². The number of halogens is 1. The van der Waals surface area contributed by atoms with Gasteiger partial charge in [0.15, 0.2) is 0 Å². The minimum absolute atomic E-state index is 0.0949. The highest BCUT2D eigenvalue weighted by Gasteiger charge is 2.18. The molecule has 0 unspecified atom stereocenters. The third-order valence-electron chi connectivity index (χ3n) is 2.02. The van der Waals surface area contributed by atoms with Gasteiger partial charge in [-0.05, 0) is 31.9 Å². The van der Waals surface area contributed by atoms with E-state index in [0.717, 1.165) is 0 Å². The van der Waals surface area contributed by atoms with Crippen molar-refractivity contribution in [2.24, 2.45) is 0 Å². The van der Waals surface area contributed by atoms with Crippen LogP contribution in [0.25, 0.3) is 0 Å². The van der Waals surface area contributed by atoms with E-state index in [2.05, 4.69) is 25.6 Å². The molecule has 0 aromatic carbocycles. The van der Waals surface area contributed by atoms with Gasteiger partial charge in [-0.3, -0.25) is 0 Å². The highest BCUT2D eigenvalue weighted by molar-refractivity contribution is 6.28. The van der Waals surface area contributed by atoms with Gasteiger partial charge in [-0.1, -0.05) is 0 Å². The lowest BCUT2D eigenvalue weighted by molar-refractivity contribution is 0.260. The summed E-state index contributed by atoms with van der Waals surface area (Å²) in [6.45, 7) is 3.98. The summed E-state index contributed by atoms with van der Waals surface area (Å²) in [5.74, 6) is 0.796. The van der Waals surface area contributed by atoms with E-state index in [4.69, 9.17) is 16.7 Å². The van der Waals surface area contributed by atoms with Crippen molar-refractivity contribution in [2.45, 2.75) is 25.8 Å². The number of hydrogen-bond donors (Lipinski definition) is 3. The molecule has 0 radical (unpaired) electrons. The molecule has 3 N–H and O–H groups in total. The van der Waals surface area contributed by atoms with Crippen LogP contribution in [0.2, 0.25) is 5.28 Å². The number of hydrogen-bond acceptors (Lipinski definition) is 6. The summed E-state index contributed by atoms with van der Waals surface area (Å²) in [4.78, 5) is 11.9. The molecular weight excluding hydrogens is 230 g/mol. The Bertz CT molecular complexity index is 358. The third-order valence-corrected chi connectivity index (χ3v) is 2.19. The Hall–Kier alpha value is -1.14. The number of aromatic nitrogens is 3. The molecule has 0 spiro atoms. The van der Waals surface area contributed by atoms with Crippen LogP contribution in [-0.2, 0) is 0 Å². The van der Waals surface area contributed by atoms with Crippen LogP contribution >= 0.6 is 11.6 Å². The Morgan fingerprint density at radius 2 is 1.88 bits per heavy atom. The minimum atomic E-state index is -0.301. The second-order valence-corrected chi connectivity index (χ2v) is 4.32. The van der Waals surface area contributed by atoms with Gasteiger partial charge in [-0.25, -0.2) is 0 Å². The molecule has 16 heavy (non-hydrogen) atoms. The molecule has 1 aromatic rings. The zero-order valence-electron chi connectivity index (χ0n) is 9.58. The quantitative estimate of drug-likeness (QED) is 0.722. The Balaban J connectivity index is 2.84. The first-order valence-electron chi connectivity index (χ1n) is 4.95. The average molecular weight is 246 g/mol. The fourth-order valence-corrected chi connectivity index (χ4v) is 1.32. The molecule has 0 atom stereocenters. The Kier molecular flexibility index (Phi) is 4.26. The maximum Gasteiger partial charge on any atom is 0.229 e. The molecule has 0 amide bonds. The van der Waals surface area contributed by atoms with Crippen LogP contribution in [0.5, 0.6) is 0 Å². The van der Waals surface area contributed by atoms with Crippen molar-refractivity contribution in [3.8, 4) is 0 Å². The second-order valence-electron chi connectivity index (χ2n) is 3.98. The largest absolute Gasteiger partial charge is 0.396 e. The number of nitrogens with zero attached hydrogens (tertiary/aromatic N) is 3. The molecule has 1 heterocycles. The fraction of sp³-hybridized carbons (Fsp3) is 0.667. The summed E-state index contributed by atoms with van der Waals surface area (Å²) in [7, 11) is 1.70. The van der Waals surface area contributed by atoms with Gasteiger partial charge >= 0.3 is 0 Å². The van der Waals surface area contributed by atoms with E-state index >= 15 is 0 Å². The van der Waals surface area contributed by atoms with Crippen LogP contribution in [0.1, 0.15) is 20.3 Å². The molecular formula is C9H16ClN5O. The topological polar surface area (TPSA) is 83.0 Å². The van der Waals surface area contributed by atoms with E-state index in [1.165, 1.54) is 0 Å². The highest BCUT2D eigenvalue weighted by atomic mass is 35.5. The second kappa shape index (κ2) is 5.27. The van der Waals surface area contributed by atoms with Crippen LogP contribution in [0, 0.1) is 0 Å². The molecule has 1 aromatic heterocycles. The fourth-order valence-electron chi connectivity index (χ4n) is 1.16. The number of nitrogens with one attached hydrogen (secondary N) is 2. The summed E-state index contributed by atoms with van der Waals surface area (Å²) in [6, 6.07) is 0. The van der Waals surface area contributed by atoms with Crippen LogP contribution in [0.4, 0.5) is 11.9 Å². The predicted octanol–water partition coefficient (Wildman–Crippen LogP) is 1.14. The standard InChI is InChI=1S/C9H16ClN5O/c1-9(2,4-5-16)15-8-13-6(10)12-7(11-3)14-8/h16H,4-5H2,1-3H3,(H2,11,12,13,14,15). The van der Waals surface area contributed by atoms with E-state index in [9.17, 15) is 0 Å². The Morgan fingerprint density at radius 1 is 1.25 bits per heavy atom. The van der Waals surface area contributed by atoms with Gasteiger partial charge in [-0.15, -0.1) is 0 Å². The van der Waals surface area contributed by atoms with Gasteiger partial charge in [-0.2, -0.15) is 15.0 Å². The van der Waals surface area contributed by atoms with E-state index in [0.29, 0.717) is 18.3 Å². The van der Waals surface area contributed by atoms with E-state index in [1.807, 2.05) is 13.8 Å². The van der Waals surface area contributed by atoms with Crippen LogP contribution < -0.4 is 10.6 Å². The monoisotopic (exact) mass is 245 g/mol. The lowest BCUT2D eigenvalue weighted by atomic mass is 10.0. The van der Waals surface area contributed by atoms with Gasteiger partial charge in [0.25, 0.3) is 0 Å². The smallest absolute Gasteiger partial charge is 0.229 e. The summed E-state index contributed by atoms with van der Waals surface area (Å²) >= 11 is 5.74. The van der Waals surface area contributed by atoms with Gasteiger partial charge in [0, 0.05) is 19.2 Å². The zero-order chi connectivity index (χ0) is 12.2. The molecule has 0 bridgehead atoms. The molecule has 6 nitrogen and oxygen atoms in total. The van der Waals surface area contributed by atoms with Crippen molar-refractivity contribution < 1.29 is 5.11 Å². The maximum atomic E-state index is 8.90. The van der Waals surface area contributed by atoms with Crippen LogP contribution in [-0.4, -0.2) is 39.3 Å².